The summed E-state index contributed by atoms with van der Waals surface area (Å²) in [6.45, 7) is 7.63. The van der Waals surface area contributed by atoms with Gasteiger partial charge in [-0.25, -0.2) is 4.99 Å². The van der Waals surface area contributed by atoms with E-state index in [-0.39, 0.29) is 5.88 Å². The second-order valence-corrected chi connectivity index (χ2v) is 8.83. The van der Waals surface area contributed by atoms with Gasteiger partial charge in [-0.1, -0.05) is 60.7 Å². The van der Waals surface area contributed by atoms with Crippen molar-refractivity contribution in [1.29, 1.82) is 10.5 Å². The van der Waals surface area contributed by atoms with Gasteiger partial charge in [-0.15, -0.1) is 0 Å². The quantitative estimate of drug-likeness (QED) is 0.239. The highest BCUT2D eigenvalue weighted by atomic mass is 16.4. The van der Waals surface area contributed by atoms with Gasteiger partial charge in [-0.3, -0.25) is 4.57 Å². The van der Waals surface area contributed by atoms with Crippen molar-refractivity contribution in [3.63, 3.8) is 0 Å². The molecule has 37 heavy (non-hydrogen) atoms. The standard InChI is InChI=1S/C31H24N4O2/c1-19-15-25(21(3)35(19)31-26(16-32)20(2)22(4)36-31)18-34-30-27(17-33)28(23-11-7-5-8-12-23)29(37-30)24-13-9-6-10-14-24/h5-15,18H,1-4H3. The van der Waals surface area contributed by atoms with Gasteiger partial charge in [-0.2, -0.15) is 10.5 Å². The smallest absolute Gasteiger partial charge is 0.238 e. The summed E-state index contributed by atoms with van der Waals surface area (Å²) in [5, 5.41) is 19.8. The van der Waals surface area contributed by atoms with Crippen LogP contribution in [0.1, 0.15) is 39.4 Å². The fourth-order valence-electron chi connectivity index (χ4n) is 4.54. The lowest BCUT2D eigenvalue weighted by atomic mass is 9.98. The van der Waals surface area contributed by atoms with E-state index in [0.29, 0.717) is 34.1 Å². The molecule has 0 fully saturated rings. The van der Waals surface area contributed by atoms with Crippen LogP contribution in [0.15, 0.2) is 80.6 Å². The molecule has 3 heterocycles. The van der Waals surface area contributed by atoms with Crippen molar-refractivity contribution in [1.82, 2.24) is 4.57 Å². The maximum atomic E-state index is 10.1. The van der Waals surface area contributed by atoms with Gasteiger partial charge in [-0.05, 0) is 39.3 Å². The predicted octanol–water partition coefficient (Wildman–Crippen LogP) is 7.72. The molecule has 0 saturated heterocycles. The Morgan fingerprint density at radius 3 is 2.05 bits per heavy atom. The van der Waals surface area contributed by atoms with Gasteiger partial charge in [0.1, 0.15) is 34.8 Å². The van der Waals surface area contributed by atoms with E-state index in [1.807, 2.05) is 99.0 Å². The summed E-state index contributed by atoms with van der Waals surface area (Å²) in [5.74, 6) is 2.06. The Hall–Kier alpha value is -5.07. The molecule has 0 aliphatic rings. The number of furan rings is 2. The Bertz CT molecular complexity index is 1720. The van der Waals surface area contributed by atoms with E-state index in [1.54, 1.807) is 6.21 Å². The minimum Gasteiger partial charge on any atom is -0.443 e. The fourth-order valence-corrected chi connectivity index (χ4v) is 4.54. The lowest BCUT2D eigenvalue weighted by Gasteiger charge is -2.06. The number of nitrogens with zero attached hydrogens (tertiary/aromatic N) is 4. The molecule has 5 rings (SSSR count). The third-order valence-electron chi connectivity index (χ3n) is 6.57. The van der Waals surface area contributed by atoms with E-state index in [2.05, 4.69) is 17.1 Å². The largest absolute Gasteiger partial charge is 0.443 e. The lowest BCUT2D eigenvalue weighted by molar-refractivity contribution is 0.503. The minimum absolute atomic E-state index is 0.243. The summed E-state index contributed by atoms with van der Waals surface area (Å²) >= 11 is 0. The van der Waals surface area contributed by atoms with Gasteiger partial charge in [0.25, 0.3) is 0 Å². The first-order chi connectivity index (χ1) is 17.9. The average Bonchev–Trinajstić information content (AvgIpc) is 3.53. The molecule has 5 aromatic rings. The number of rotatable bonds is 5. The molecule has 0 bridgehead atoms. The Balaban J connectivity index is 1.63. The first-order valence-corrected chi connectivity index (χ1v) is 11.9. The van der Waals surface area contributed by atoms with Crippen molar-refractivity contribution in [2.75, 3.05) is 0 Å². The van der Waals surface area contributed by atoms with Crippen molar-refractivity contribution >= 4 is 12.1 Å². The van der Waals surface area contributed by atoms with E-state index in [0.717, 1.165) is 33.6 Å². The normalized spacial score (nSPS) is 11.1. The zero-order valence-electron chi connectivity index (χ0n) is 21.0. The molecule has 6 nitrogen and oxygen atoms in total. The average molecular weight is 485 g/mol. The number of aromatic nitrogens is 1. The van der Waals surface area contributed by atoms with E-state index in [4.69, 9.17) is 8.83 Å². The van der Waals surface area contributed by atoms with Crippen LogP contribution in [-0.4, -0.2) is 10.8 Å². The predicted molar refractivity (Wildman–Crippen MR) is 143 cm³/mol. The van der Waals surface area contributed by atoms with Crippen molar-refractivity contribution in [2.45, 2.75) is 27.7 Å². The van der Waals surface area contributed by atoms with Crippen LogP contribution in [0.25, 0.3) is 28.3 Å². The van der Waals surface area contributed by atoms with Crippen LogP contribution in [0.2, 0.25) is 0 Å². The number of benzene rings is 2. The molecule has 0 aliphatic carbocycles. The Kier molecular flexibility index (Phi) is 6.09. The highest BCUT2D eigenvalue weighted by molar-refractivity contribution is 5.90. The zero-order chi connectivity index (χ0) is 26.1. The first-order valence-electron chi connectivity index (χ1n) is 11.9. The van der Waals surface area contributed by atoms with Crippen LogP contribution in [0, 0.1) is 50.4 Å². The molecule has 3 aromatic heterocycles. The number of aryl methyl sites for hydroxylation is 2. The lowest BCUT2D eigenvalue weighted by Crippen LogP contribution is -2.00. The van der Waals surface area contributed by atoms with Gasteiger partial charge in [0.15, 0.2) is 0 Å². The summed E-state index contributed by atoms with van der Waals surface area (Å²) in [7, 11) is 0. The number of nitriles is 2. The van der Waals surface area contributed by atoms with E-state index in [1.165, 1.54) is 0 Å². The summed E-state index contributed by atoms with van der Waals surface area (Å²) in [6, 6.07) is 26.0. The molecule has 2 aromatic carbocycles. The zero-order valence-corrected chi connectivity index (χ0v) is 21.0. The second-order valence-electron chi connectivity index (χ2n) is 8.83. The molecule has 0 N–H and O–H groups in total. The number of hydrogen-bond donors (Lipinski definition) is 0. The molecular formula is C31H24N4O2. The van der Waals surface area contributed by atoms with E-state index in [9.17, 15) is 10.5 Å². The van der Waals surface area contributed by atoms with Crippen molar-refractivity contribution in [3.05, 3.63) is 106 Å². The topological polar surface area (TPSA) is 91.2 Å². The Morgan fingerprint density at radius 1 is 0.811 bits per heavy atom. The summed E-state index contributed by atoms with van der Waals surface area (Å²) in [4.78, 5) is 4.63. The van der Waals surface area contributed by atoms with Crippen LogP contribution in [0.3, 0.4) is 0 Å². The van der Waals surface area contributed by atoms with Gasteiger partial charge < -0.3 is 8.83 Å². The summed E-state index contributed by atoms with van der Waals surface area (Å²) in [6.07, 6.45) is 1.69. The SMILES string of the molecule is Cc1oc(-n2c(C)cc(C=Nc3oc(-c4ccccc4)c(-c4ccccc4)c3C#N)c2C)c(C#N)c1C. The molecule has 0 saturated carbocycles. The summed E-state index contributed by atoms with van der Waals surface area (Å²) in [5.41, 5.74) is 6.78. The molecule has 0 amide bonds. The third-order valence-corrected chi connectivity index (χ3v) is 6.57. The van der Waals surface area contributed by atoms with Crippen molar-refractivity contribution in [2.24, 2.45) is 4.99 Å². The molecule has 0 aliphatic heterocycles. The molecule has 0 spiro atoms. The van der Waals surface area contributed by atoms with Gasteiger partial charge in [0.05, 0.1) is 0 Å². The molecule has 0 atom stereocenters. The monoisotopic (exact) mass is 484 g/mol. The van der Waals surface area contributed by atoms with Crippen LogP contribution in [-0.2, 0) is 0 Å². The molecule has 0 radical (unpaired) electrons. The Morgan fingerprint density at radius 2 is 1.43 bits per heavy atom. The molecular weight excluding hydrogens is 460 g/mol. The molecule has 180 valence electrons. The van der Waals surface area contributed by atoms with Gasteiger partial charge in [0.2, 0.25) is 11.8 Å². The van der Waals surface area contributed by atoms with Crippen molar-refractivity contribution in [3.8, 4) is 40.5 Å². The minimum atomic E-state index is 0.243. The summed E-state index contributed by atoms with van der Waals surface area (Å²) < 4.78 is 14.1. The van der Waals surface area contributed by atoms with E-state index < -0.39 is 0 Å². The molecule has 6 heteroatoms. The van der Waals surface area contributed by atoms with Crippen molar-refractivity contribution < 1.29 is 8.83 Å². The van der Waals surface area contributed by atoms with Crippen LogP contribution < -0.4 is 0 Å². The molecule has 0 unspecified atom stereocenters. The number of aliphatic imine (C=N–C) groups is 1. The number of hydrogen-bond acceptors (Lipinski definition) is 5. The Labute approximate surface area is 215 Å². The third kappa shape index (κ3) is 4.05. The first kappa shape index (κ1) is 23.7. The highest BCUT2D eigenvalue weighted by Crippen LogP contribution is 2.42. The van der Waals surface area contributed by atoms with E-state index >= 15 is 0 Å². The van der Waals surface area contributed by atoms with Gasteiger partial charge in [0, 0.05) is 39.9 Å². The fraction of sp³-hybridized carbons (Fsp3) is 0.129. The maximum absolute atomic E-state index is 10.1. The second kappa shape index (κ2) is 9.53. The van der Waals surface area contributed by atoms with Crippen LogP contribution >= 0.6 is 0 Å². The van der Waals surface area contributed by atoms with Gasteiger partial charge >= 0.3 is 0 Å². The van der Waals surface area contributed by atoms with Crippen LogP contribution in [0.4, 0.5) is 5.88 Å². The van der Waals surface area contributed by atoms with Crippen LogP contribution in [0.5, 0.6) is 0 Å². The maximum Gasteiger partial charge on any atom is 0.238 e. The highest BCUT2D eigenvalue weighted by Gasteiger charge is 2.23.